The topological polar surface area (TPSA) is 117 Å². The number of carbonyl (C=O) groups is 1. The SMILES string of the molecule is Cc1c(-c2ncco2)sc2c1c(=O)n(C(C)(C)C(=O)O)c(=O)n2CC1CCc2ccccc2O1. The van der Waals surface area contributed by atoms with Crippen LogP contribution in [-0.2, 0) is 23.3 Å². The lowest BCUT2D eigenvalue weighted by molar-refractivity contribution is -0.146. The Morgan fingerprint density at radius 1 is 1.29 bits per heavy atom. The van der Waals surface area contributed by atoms with Gasteiger partial charge in [-0.3, -0.25) is 9.36 Å². The lowest BCUT2D eigenvalue weighted by Crippen LogP contribution is -2.53. The Morgan fingerprint density at radius 2 is 2.06 bits per heavy atom. The minimum absolute atomic E-state index is 0.171. The number of ether oxygens (including phenoxy) is 1. The fraction of sp³-hybridized carbons (Fsp3) is 0.333. The number of thiophene rings is 1. The van der Waals surface area contributed by atoms with Crippen molar-refractivity contribution in [2.75, 3.05) is 0 Å². The van der Waals surface area contributed by atoms with Crippen molar-refractivity contribution < 1.29 is 19.1 Å². The number of hydrogen-bond acceptors (Lipinski definition) is 7. The van der Waals surface area contributed by atoms with E-state index < -0.39 is 22.8 Å². The summed E-state index contributed by atoms with van der Waals surface area (Å²) in [4.78, 5) is 44.5. The van der Waals surface area contributed by atoms with Crippen molar-refractivity contribution in [1.82, 2.24) is 14.1 Å². The van der Waals surface area contributed by atoms with E-state index >= 15 is 0 Å². The standard InChI is InChI=1S/C24H23N3O6S/c1-13-17-20(28)27(24(2,3)22(29)30)23(31)26(21(17)34-18(13)19-25-10-11-32-19)12-15-9-8-14-6-4-5-7-16(14)33-15/h4-7,10-11,15H,8-9,12H2,1-3H3,(H,29,30). The quantitative estimate of drug-likeness (QED) is 0.464. The average molecular weight is 482 g/mol. The molecule has 4 aromatic rings. The van der Waals surface area contributed by atoms with Crippen molar-refractivity contribution in [2.45, 2.75) is 51.8 Å². The molecule has 0 aliphatic carbocycles. The number of oxazole rings is 1. The number of nitrogens with zero attached hydrogens (tertiary/aromatic N) is 3. The number of aromatic nitrogens is 3. The Hall–Kier alpha value is -3.66. The summed E-state index contributed by atoms with van der Waals surface area (Å²) in [6, 6.07) is 7.76. The second kappa shape index (κ2) is 7.98. The lowest BCUT2D eigenvalue weighted by Gasteiger charge is -2.28. The fourth-order valence-electron chi connectivity index (χ4n) is 4.35. The summed E-state index contributed by atoms with van der Waals surface area (Å²) in [5, 5.41) is 10.1. The van der Waals surface area contributed by atoms with E-state index in [1.807, 2.05) is 24.3 Å². The number of carboxylic acids is 1. The predicted octanol–water partition coefficient (Wildman–Crippen LogP) is 3.40. The van der Waals surface area contributed by atoms with E-state index in [1.165, 1.54) is 42.2 Å². The third kappa shape index (κ3) is 3.37. The van der Waals surface area contributed by atoms with Gasteiger partial charge in [0.25, 0.3) is 5.56 Å². The van der Waals surface area contributed by atoms with Crippen LogP contribution in [0, 0.1) is 6.92 Å². The van der Waals surface area contributed by atoms with E-state index in [-0.39, 0.29) is 18.0 Å². The third-order valence-electron chi connectivity index (χ3n) is 6.31. The van der Waals surface area contributed by atoms with Crippen molar-refractivity contribution in [3.63, 3.8) is 0 Å². The summed E-state index contributed by atoms with van der Waals surface area (Å²) >= 11 is 1.23. The van der Waals surface area contributed by atoms with Crippen LogP contribution < -0.4 is 16.0 Å². The summed E-state index contributed by atoms with van der Waals surface area (Å²) in [5.41, 5.74) is -1.39. The predicted molar refractivity (Wildman–Crippen MR) is 127 cm³/mol. The second-order valence-electron chi connectivity index (χ2n) is 8.86. The third-order valence-corrected chi connectivity index (χ3v) is 7.61. The molecule has 3 aromatic heterocycles. The normalized spacial score (nSPS) is 15.8. The molecule has 4 heterocycles. The van der Waals surface area contributed by atoms with Gasteiger partial charge in [0.05, 0.1) is 23.0 Å². The highest BCUT2D eigenvalue weighted by Gasteiger charge is 2.36. The molecule has 1 N–H and O–H groups in total. The van der Waals surface area contributed by atoms with E-state index in [4.69, 9.17) is 9.15 Å². The molecule has 1 atom stereocenters. The molecule has 0 saturated carbocycles. The number of rotatable bonds is 5. The zero-order valence-electron chi connectivity index (χ0n) is 18.9. The van der Waals surface area contributed by atoms with Crippen LogP contribution in [0.1, 0.15) is 31.4 Å². The van der Waals surface area contributed by atoms with Crippen LogP contribution in [0.3, 0.4) is 0 Å². The van der Waals surface area contributed by atoms with Crippen LogP contribution in [0.15, 0.2) is 50.7 Å². The first-order valence-electron chi connectivity index (χ1n) is 10.9. The molecule has 1 unspecified atom stereocenters. The summed E-state index contributed by atoms with van der Waals surface area (Å²) < 4.78 is 13.9. The maximum atomic E-state index is 13.7. The number of hydrogen-bond donors (Lipinski definition) is 1. The molecule has 9 nitrogen and oxygen atoms in total. The molecule has 10 heteroatoms. The number of para-hydroxylation sites is 1. The van der Waals surface area contributed by atoms with E-state index in [1.54, 1.807) is 6.92 Å². The van der Waals surface area contributed by atoms with E-state index in [0.717, 1.165) is 22.3 Å². The molecule has 1 aliphatic heterocycles. The Balaban J connectivity index is 1.73. The van der Waals surface area contributed by atoms with E-state index in [0.29, 0.717) is 27.6 Å². The van der Waals surface area contributed by atoms with E-state index in [9.17, 15) is 19.5 Å². The molecule has 1 aromatic carbocycles. The van der Waals surface area contributed by atoms with Gasteiger partial charge in [0.2, 0.25) is 5.89 Å². The second-order valence-corrected chi connectivity index (χ2v) is 9.86. The fourth-order valence-corrected chi connectivity index (χ4v) is 5.59. The Kier molecular flexibility index (Phi) is 5.20. The van der Waals surface area contributed by atoms with Crippen molar-refractivity contribution in [3.05, 3.63) is 68.7 Å². The number of carboxylic acid groups (broad SMARTS) is 1. The van der Waals surface area contributed by atoms with Crippen LogP contribution in [0.4, 0.5) is 0 Å². The lowest BCUT2D eigenvalue weighted by atomic mass is 10.0. The summed E-state index contributed by atoms with van der Waals surface area (Å²) in [5.74, 6) is -0.171. The molecule has 0 radical (unpaired) electrons. The van der Waals surface area contributed by atoms with Gasteiger partial charge in [-0.15, -0.1) is 11.3 Å². The maximum Gasteiger partial charge on any atom is 0.333 e. The summed E-state index contributed by atoms with van der Waals surface area (Å²) in [6.07, 6.45) is 4.10. The number of benzene rings is 1. The van der Waals surface area contributed by atoms with Gasteiger partial charge >= 0.3 is 11.7 Å². The molecular formula is C24H23N3O6S. The molecule has 0 saturated heterocycles. The van der Waals surface area contributed by atoms with Crippen molar-refractivity contribution in [1.29, 1.82) is 0 Å². The maximum absolute atomic E-state index is 13.7. The highest BCUT2D eigenvalue weighted by Crippen LogP contribution is 2.36. The van der Waals surface area contributed by atoms with E-state index in [2.05, 4.69) is 4.98 Å². The van der Waals surface area contributed by atoms with Gasteiger partial charge in [0, 0.05) is 0 Å². The zero-order chi connectivity index (χ0) is 24.2. The average Bonchev–Trinajstić information content (AvgIpc) is 3.44. The van der Waals surface area contributed by atoms with Gasteiger partial charge in [0.1, 0.15) is 28.5 Å². The van der Waals surface area contributed by atoms with Crippen molar-refractivity contribution >= 4 is 27.5 Å². The van der Waals surface area contributed by atoms with Crippen molar-refractivity contribution in [3.8, 4) is 16.5 Å². The van der Waals surface area contributed by atoms with Crippen LogP contribution in [0.5, 0.6) is 5.75 Å². The highest BCUT2D eigenvalue weighted by atomic mass is 32.1. The summed E-state index contributed by atoms with van der Waals surface area (Å²) in [6.45, 7) is 4.61. The van der Waals surface area contributed by atoms with Crippen molar-refractivity contribution in [2.24, 2.45) is 0 Å². The van der Waals surface area contributed by atoms with Gasteiger partial charge in [-0.25, -0.2) is 19.1 Å². The Bertz CT molecular complexity index is 1530. The van der Waals surface area contributed by atoms with Gasteiger partial charge in [-0.05, 0) is 50.8 Å². The molecule has 5 rings (SSSR count). The smallest absolute Gasteiger partial charge is 0.333 e. The summed E-state index contributed by atoms with van der Waals surface area (Å²) in [7, 11) is 0. The first-order chi connectivity index (χ1) is 16.2. The molecule has 0 bridgehead atoms. The zero-order valence-corrected chi connectivity index (χ0v) is 19.7. The first kappa shape index (κ1) is 22.1. The van der Waals surface area contributed by atoms with Gasteiger partial charge in [0.15, 0.2) is 0 Å². The number of fused-ring (bicyclic) bond motifs is 2. The Morgan fingerprint density at radius 3 is 2.76 bits per heavy atom. The van der Waals surface area contributed by atoms with Crippen LogP contribution in [-0.4, -0.2) is 31.3 Å². The molecule has 0 fully saturated rings. The van der Waals surface area contributed by atoms with Gasteiger partial charge in [-0.2, -0.15) is 0 Å². The van der Waals surface area contributed by atoms with Crippen LogP contribution in [0.25, 0.3) is 21.0 Å². The first-order valence-corrected chi connectivity index (χ1v) is 11.7. The molecule has 0 spiro atoms. The number of aryl methyl sites for hydroxylation is 2. The molecule has 1 aliphatic rings. The molecule has 0 amide bonds. The highest BCUT2D eigenvalue weighted by molar-refractivity contribution is 7.22. The van der Waals surface area contributed by atoms with Gasteiger partial charge < -0.3 is 14.3 Å². The van der Waals surface area contributed by atoms with Crippen LogP contribution >= 0.6 is 11.3 Å². The minimum Gasteiger partial charge on any atom is -0.488 e. The minimum atomic E-state index is -1.75. The van der Waals surface area contributed by atoms with Gasteiger partial charge in [-0.1, -0.05) is 18.2 Å². The van der Waals surface area contributed by atoms with Crippen LogP contribution in [0.2, 0.25) is 0 Å². The molecule has 34 heavy (non-hydrogen) atoms. The molecular weight excluding hydrogens is 458 g/mol. The largest absolute Gasteiger partial charge is 0.488 e. The number of aliphatic carboxylic acids is 1. The monoisotopic (exact) mass is 481 g/mol. The Labute approximate surface area is 197 Å². The molecule has 176 valence electrons.